The summed E-state index contributed by atoms with van der Waals surface area (Å²) >= 11 is 0. The Morgan fingerprint density at radius 1 is 1.75 bits per heavy atom. The van der Waals surface area contributed by atoms with Gasteiger partial charge in [0.15, 0.2) is 0 Å². The Balaban J connectivity index is 2.11. The summed E-state index contributed by atoms with van der Waals surface area (Å²) in [6.07, 6.45) is 4.15. The molecule has 2 unspecified atom stereocenters. The number of rotatable bonds is 2. The number of amides is 1. The van der Waals surface area contributed by atoms with E-state index in [1.54, 1.807) is 7.05 Å². The summed E-state index contributed by atoms with van der Waals surface area (Å²) in [5, 5.41) is 6.67. The van der Waals surface area contributed by atoms with Crippen LogP contribution >= 0.6 is 0 Å². The van der Waals surface area contributed by atoms with Crippen LogP contribution < -0.4 is 11.1 Å². The zero-order valence-corrected chi connectivity index (χ0v) is 9.60. The molecule has 1 aliphatic carbocycles. The third-order valence-electron chi connectivity index (χ3n) is 3.49. The molecule has 0 radical (unpaired) electrons. The van der Waals surface area contributed by atoms with Crippen molar-refractivity contribution in [2.45, 2.75) is 32.2 Å². The highest BCUT2D eigenvalue weighted by Gasteiger charge is 2.43. The summed E-state index contributed by atoms with van der Waals surface area (Å²) < 4.78 is 1.53. The van der Waals surface area contributed by atoms with E-state index in [9.17, 15) is 4.79 Å². The van der Waals surface area contributed by atoms with Crippen LogP contribution in [0.2, 0.25) is 0 Å². The van der Waals surface area contributed by atoms with Crippen molar-refractivity contribution >= 4 is 11.9 Å². The van der Waals surface area contributed by atoms with Gasteiger partial charge in [0.1, 0.15) is 6.33 Å². The van der Waals surface area contributed by atoms with Gasteiger partial charge in [-0.2, -0.15) is 10.1 Å². The van der Waals surface area contributed by atoms with Gasteiger partial charge >= 0.3 is 0 Å². The quantitative estimate of drug-likeness (QED) is 0.753. The third-order valence-corrected chi connectivity index (χ3v) is 3.49. The Kier molecular flexibility index (Phi) is 2.67. The maximum atomic E-state index is 12.1. The third kappa shape index (κ3) is 1.69. The van der Waals surface area contributed by atoms with Crippen LogP contribution in [0.5, 0.6) is 0 Å². The normalized spacial score (nSPS) is 29.3. The fourth-order valence-corrected chi connectivity index (χ4v) is 2.13. The summed E-state index contributed by atoms with van der Waals surface area (Å²) in [4.78, 5) is 16.1. The monoisotopic (exact) mass is 223 g/mol. The van der Waals surface area contributed by atoms with Gasteiger partial charge in [-0.3, -0.25) is 10.1 Å². The Hall–Kier alpha value is -1.43. The van der Waals surface area contributed by atoms with Crippen LogP contribution in [0.1, 0.15) is 26.2 Å². The molecule has 1 amide bonds. The number of anilines is 1. The van der Waals surface area contributed by atoms with Crippen LogP contribution in [-0.4, -0.2) is 26.7 Å². The lowest BCUT2D eigenvalue weighted by Gasteiger charge is -2.26. The number of hydrogen-bond donors (Lipinski definition) is 2. The Morgan fingerprint density at radius 3 is 3.00 bits per heavy atom. The van der Waals surface area contributed by atoms with Crippen LogP contribution in [-0.2, 0) is 11.8 Å². The molecule has 16 heavy (non-hydrogen) atoms. The molecule has 1 heterocycles. The molecule has 6 nitrogen and oxygen atoms in total. The van der Waals surface area contributed by atoms with Gasteiger partial charge in [-0.25, -0.2) is 4.68 Å². The first-order valence-electron chi connectivity index (χ1n) is 5.45. The molecule has 0 aliphatic heterocycles. The predicted octanol–water partition coefficient (Wildman–Crippen LogP) is 0.271. The lowest BCUT2D eigenvalue weighted by molar-refractivity contribution is -0.125. The molecule has 1 saturated carbocycles. The second kappa shape index (κ2) is 3.86. The van der Waals surface area contributed by atoms with E-state index >= 15 is 0 Å². The van der Waals surface area contributed by atoms with E-state index in [-0.39, 0.29) is 11.9 Å². The zero-order valence-electron chi connectivity index (χ0n) is 9.60. The van der Waals surface area contributed by atoms with Gasteiger partial charge in [0.2, 0.25) is 11.9 Å². The minimum Gasteiger partial charge on any atom is -0.327 e. The highest BCUT2D eigenvalue weighted by Crippen LogP contribution is 2.37. The average molecular weight is 223 g/mol. The van der Waals surface area contributed by atoms with E-state index in [4.69, 9.17) is 5.73 Å². The first-order chi connectivity index (χ1) is 7.54. The summed E-state index contributed by atoms with van der Waals surface area (Å²) in [6.45, 7) is 1.91. The molecule has 6 heteroatoms. The van der Waals surface area contributed by atoms with Crippen molar-refractivity contribution in [3.05, 3.63) is 6.33 Å². The van der Waals surface area contributed by atoms with Crippen molar-refractivity contribution in [2.24, 2.45) is 18.2 Å². The molecular formula is C10H17N5O. The molecule has 3 N–H and O–H groups in total. The van der Waals surface area contributed by atoms with Crippen LogP contribution in [0.15, 0.2) is 6.33 Å². The molecule has 2 rings (SSSR count). The van der Waals surface area contributed by atoms with Gasteiger partial charge < -0.3 is 5.73 Å². The topological polar surface area (TPSA) is 85.8 Å². The number of carbonyl (C=O) groups is 1. The number of carbonyl (C=O) groups excluding carboxylic acids is 1. The fraction of sp³-hybridized carbons (Fsp3) is 0.700. The smallest absolute Gasteiger partial charge is 0.234 e. The lowest BCUT2D eigenvalue weighted by Crippen LogP contribution is -2.44. The van der Waals surface area contributed by atoms with E-state index in [0.29, 0.717) is 5.95 Å². The molecule has 1 aromatic heterocycles. The second-order valence-corrected chi connectivity index (χ2v) is 4.58. The number of nitrogens with zero attached hydrogens (tertiary/aromatic N) is 3. The maximum absolute atomic E-state index is 12.1. The molecular weight excluding hydrogens is 206 g/mol. The molecule has 2 atom stereocenters. The van der Waals surface area contributed by atoms with Crippen LogP contribution in [0, 0.1) is 5.41 Å². The van der Waals surface area contributed by atoms with Gasteiger partial charge in [-0.15, -0.1) is 0 Å². The Bertz CT molecular complexity index is 402. The standard InChI is InChI=1S/C10H17N5O/c1-10(5-3-4-7(10)11)8(16)14-9-12-6-13-15(9)2/h6-7H,3-5,11H2,1-2H3,(H,12,13,14,16). The van der Waals surface area contributed by atoms with Crippen molar-refractivity contribution in [1.82, 2.24) is 14.8 Å². The highest BCUT2D eigenvalue weighted by atomic mass is 16.2. The predicted molar refractivity (Wildman–Crippen MR) is 59.6 cm³/mol. The summed E-state index contributed by atoms with van der Waals surface area (Å²) in [5.74, 6) is 0.402. The van der Waals surface area contributed by atoms with Gasteiger partial charge in [-0.05, 0) is 19.8 Å². The fourth-order valence-electron chi connectivity index (χ4n) is 2.13. The molecule has 1 aliphatic rings. The number of nitrogens with one attached hydrogen (secondary N) is 1. The minimum absolute atomic E-state index is 0.0615. The number of aryl methyl sites for hydroxylation is 1. The van der Waals surface area contributed by atoms with E-state index in [0.717, 1.165) is 19.3 Å². The highest BCUT2D eigenvalue weighted by molar-refractivity contribution is 5.94. The van der Waals surface area contributed by atoms with E-state index < -0.39 is 5.41 Å². The van der Waals surface area contributed by atoms with Crippen molar-refractivity contribution in [2.75, 3.05) is 5.32 Å². The molecule has 0 saturated heterocycles. The molecule has 88 valence electrons. The molecule has 0 aromatic carbocycles. The number of hydrogen-bond acceptors (Lipinski definition) is 4. The van der Waals surface area contributed by atoms with E-state index in [2.05, 4.69) is 15.4 Å². The van der Waals surface area contributed by atoms with Gasteiger partial charge in [0.05, 0.1) is 5.41 Å². The Labute approximate surface area is 94.2 Å². The number of aromatic nitrogens is 3. The van der Waals surface area contributed by atoms with Crippen LogP contribution in [0.3, 0.4) is 0 Å². The molecule has 1 fully saturated rings. The SMILES string of the molecule is Cn1ncnc1NC(=O)C1(C)CCCC1N. The minimum atomic E-state index is -0.480. The van der Waals surface area contributed by atoms with E-state index in [1.165, 1.54) is 11.0 Å². The first kappa shape index (κ1) is 11.1. The molecule has 1 aromatic rings. The summed E-state index contributed by atoms with van der Waals surface area (Å²) in [5.41, 5.74) is 5.50. The largest absolute Gasteiger partial charge is 0.327 e. The van der Waals surface area contributed by atoms with Gasteiger partial charge in [0.25, 0.3) is 0 Å². The molecule has 0 spiro atoms. The zero-order chi connectivity index (χ0) is 11.8. The molecule has 0 bridgehead atoms. The first-order valence-corrected chi connectivity index (χ1v) is 5.45. The van der Waals surface area contributed by atoms with Crippen molar-refractivity contribution in [3.8, 4) is 0 Å². The number of nitrogens with two attached hydrogens (primary N) is 1. The summed E-state index contributed by atoms with van der Waals surface area (Å²) in [6, 6.07) is -0.0688. The second-order valence-electron chi connectivity index (χ2n) is 4.58. The maximum Gasteiger partial charge on any atom is 0.234 e. The van der Waals surface area contributed by atoms with Crippen molar-refractivity contribution in [3.63, 3.8) is 0 Å². The van der Waals surface area contributed by atoms with Gasteiger partial charge in [-0.1, -0.05) is 6.42 Å². The lowest BCUT2D eigenvalue weighted by atomic mass is 9.84. The van der Waals surface area contributed by atoms with Crippen molar-refractivity contribution in [1.29, 1.82) is 0 Å². The average Bonchev–Trinajstić information content (AvgIpc) is 2.77. The van der Waals surface area contributed by atoms with Crippen LogP contribution in [0.25, 0.3) is 0 Å². The van der Waals surface area contributed by atoms with Gasteiger partial charge in [0, 0.05) is 13.1 Å². The Morgan fingerprint density at radius 2 is 2.50 bits per heavy atom. The summed E-state index contributed by atoms with van der Waals surface area (Å²) in [7, 11) is 1.74. The van der Waals surface area contributed by atoms with Crippen molar-refractivity contribution < 1.29 is 4.79 Å². The van der Waals surface area contributed by atoms with Crippen LogP contribution in [0.4, 0.5) is 5.95 Å². The van der Waals surface area contributed by atoms with E-state index in [1.807, 2.05) is 6.92 Å².